The number of carbonyl (C=O) groups excluding carboxylic acids is 1. The molecule has 0 fully saturated rings. The predicted molar refractivity (Wildman–Crippen MR) is 67.8 cm³/mol. The lowest BCUT2D eigenvalue weighted by molar-refractivity contribution is -0.115. The second-order valence-electron chi connectivity index (χ2n) is 3.71. The Morgan fingerprint density at radius 2 is 2.24 bits per heavy atom. The van der Waals surface area contributed by atoms with Gasteiger partial charge in [0.1, 0.15) is 5.82 Å². The first-order valence-electron chi connectivity index (χ1n) is 5.59. The molecule has 0 atom stereocenters. The molecule has 1 aromatic carbocycles. The third kappa shape index (κ3) is 5.15. The summed E-state index contributed by atoms with van der Waals surface area (Å²) in [7, 11) is 0. The van der Waals surface area contributed by atoms with Crippen molar-refractivity contribution in [2.75, 3.05) is 18.4 Å². The van der Waals surface area contributed by atoms with E-state index >= 15 is 0 Å². The first-order chi connectivity index (χ1) is 8.13. The third-order valence-corrected chi connectivity index (χ3v) is 2.49. The molecule has 2 N–H and O–H groups in total. The number of carbonyl (C=O) groups is 1. The summed E-state index contributed by atoms with van der Waals surface area (Å²) < 4.78 is 12.9. The molecule has 1 rings (SSSR count). The Balaban J connectivity index is 2.37. The largest absolute Gasteiger partial charge is 0.325 e. The highest BCUT2D eigenvalue weighted by molar-refractivity contribution is 6.31. The molecule has 1 aromatic rings. The number of nitrogens with one attached hydrogen (secondary N) is 2. The van der Waals surface area contributed by atoms with Gasteiger partial charge in [0.25, 0.3) is 0 Å². The Morgan fingerprint density at radius 1 is 1.47 bits per heavy atom. The first kappa shape index (κ1) is 13.9. The maximum absolute atomic E-state index is 12.9. The number of benzene rings is 1. The lowest BCUT2D eigenvalue weighted by Crippen LogP contribution is -2.28. The van der Waals surface area contributed by atoms with Crippen molar-refractivity contribution >= 4 is 23.2 Å². The van der Waals surface area contributed by atoms with Crippen molar-refractivity contribution in [3.05, 3.63) is 29.0 Å². The van der Waals surface area contributed by atoms with Crippen molar-refractivity contribution in [3.63, 3.8) is 0 Å². The van der Waals surface area contributed by atoms with E-state index in [1.54, 1.807) is 0 Å². The molecule has 0 bridgehead atoms. The van der Waals surface area contributed by atoms with E-state index < -0.39 is 5.82 Å². The molecule has 0 aliphatic heterocycles. The van der Waals surface area contributed by atoms with Gasteiger partial charge in [0.15, 0.2) is 0 Å². The van der Waals surface area contributed by atoms with Crippen LogP contribution in [-0.4, -0.2) is 19.0 Å². The van der Waals surface area contributed by atoms with E-state index in [4.69, 9.17) is 11.6 Å². The summed E-state index contributed by atoms with van der Waals surface area (Å²) in [5.41, 5.74) is 0.499. The van der Waals surface area contributed by atoms with Crippen LogP contribution >= 0.6 is 11.6 Å². The smallest absolute Gasteiger partial charge is 0.238 e. The molecular formula is C12H16ClFN2O. The van der Waals surface area contributed by atoms with Crippen LogP contribution in [0, 0.1) is 5.82 Å². The molecule has 0 aliphatic rings. The van der Waals surface area contributed by atoms with Crippen molar-refractivity contribution in [1.29, 1.82) is 0 Å². The van der Waals surface area contributed by atoms with Crippen LogP contribution < -0.4 is 10.6 Å². The number of amides is 1. The summed E-state index contributed by atoms with van der Waals surface area (Å²) in [6.07, 6.45) is 2.12. The second-order valence-corrected chi connectivity index (χ2v) is 4.11. The highest BCUT2D eigenvalue weighted by Crippen LogP contribution is 2.19. The van der Waals surface area contributed by atoms with Crippen molar-refractivity contribution in [2.24, 2.45) is 0 Å². The van der Waals surface area contributed by atoms with Gasteiger partial charge in [-0.25, -0.2) is 4.39 Å². The Kier molecular flexibility index (Phi) is 5.94. The van der Waals surface area contributed by atoms with Gasteiger partial charge in [-0.2, -0.15) is 0 Å². The van der Waals surface area contributed by atoms with E-state index in [1.165, 1.54) is 18.2 Å². The van der Waals surface area contributed by atoms with Crippen molar-refractivity contribution in [3.8, 4) is 0 Å². The molecule has 0 saturated heterocycles. The first-order valence-corrected chi connectivity index (χ1v) is 5.97. The molecule has 0 radical (unpaired) electrons. The molecule has 3 nitrogen and oxygen atoms in total. The van der Waals surface area contributed by atoms with Crippen LogP contribution in [0.1, 0.15) is 19.8 Å². The maximum Gasteiger partial charge on any atom is 0.238 e. The summed E-state index contributed by atoms with van der Waals surface area (Å²) in [5.74, 6) is -0.658. The Morgan fingerprint density at radius 3 is 2.88 bits per heavy atom. The van der Waals surface area contributed by atoms with Crippen molar-refractivity contribution < 1.29 is 9.18 Å². The molecule has 1 amide bonds. The van der Waals surface area contributed by atoms with Crippen LogP contribution in [0.25, 0.3) is 0 Å². The number of unbranched alkanes of at least 4 members (excludes halogenated alkanes) is 1. The average Bonchev–Trinajstić information content (AvgIpc) is 2.30. The van der Waals surface area contributed by atoms with Gasteiger partial charge in [0.05, 0.1) is 11.6 Å². The Bertz CT molecular complexity index is 385. The summed E-state index contributed by atoms with van der Waals surface area (Å²) in [6, 6.07) is 4.09. The molecule has 0 saturated carbocycles. The van der Waals surface area contributed by atoms with Crippen LogP contribution in [0.3, 0.4) is 0 Å². The number of halogens is 2. The highest BCUT2D eigenvalue weighted by atomic mass is 35.5. The standard InChI is InChI=1S/C12H16ClFN2O/c1-2-3-6-15-8-12(17)16-9-4-5-11(14)10(13)7-9/h4-5,7,15H,2-3,6,8H2,1H3,(H,16,17). The summed E-state index contributed by atoms with van der Waals surface area (Å²) >= 11 is 5.60. The fourth-order valence-corrected chi connectivity index (χ4v) is 1.46. The van der Waals surface area contributed by atoms with E-state index in [2.05, 4.69) is 17.6 Å². The molecule has 0 spiro atoms. The number of hydrogen-bond donors (Lipinski definition) is 2. The van der Waals surface area contributed by atoms with E-state index in [1.807, 2.05) is 0 Å². The van der Waals surface area contributed by atoms with Gasteiger partial charge in [0.2, 0.25) is 5.91 Å². The van der Waals surface area contributed by atoms with Crippen LogP contribution in [0.15, 0.2) is 18.2 Å². The lowest BCUT2D eigenvalue weighted by atomic mass is 10.3. The number of anilines is 1. The SMILES string of the molecule is CCCCNCC(=O)Nc1ccc(F)c(Cl)c1. The molecule has 17 heavy (non-hydrogen) atoms. The maximum atomic E-state index is 12.9. The molecular weight excluding hydrogens is 243 g/mol. The highest BCUT2D eigenvalue weighted by Gasteiger charge is 2.04. The minimum atomic E-state index is -0.495. The second kappa shape index (κ2) is 7.25. The number of hydrogen-bond acceptors (Lipinski definition) is 2. The number of rotatable bonds is 6. The van der Waals surface area contributed by atoms with Gasteiger partial charge in [-0.3, -0.25) is 4.79 Å². The van der Waals surface area contributed by atoms with Crippen LogP contribution in [0.4, 0.5) is 10.1 Å². The van der Waals surface area contributed by atoms with Crippen LogP contribution in [0.2, 0.25) is 5.02 Å². The van der Waals surface area contributed by atoms with Gasteiger partial charge >= 0.3 is 0 Å². The van der Waals surface area contributed by atoms with Crippen molar-refractivity contribution in [1.82, 2.24) is 5.32 Å². The quantitative estimate of drug-likeness (QED) is 0.771. The van der Waals surface area contributed by atoms with Crippen LogP contribution in [-0.2, 0) is 4.79 Å². The summed E-state index contributed by atoms with van der Waals surface area (Å²) in [4.78, 5) is 11.5. The fraction of sp³-hybridized carbons (Fsp3) is 0.417. The Labute approximate surface area is 105 Å². The van der Waals surface area contributed by atoms with Gasteiger partial charge in [-0.1, -0.05) is 24.9 Å². The minimum Gasteiger partial charge on any atom is -0.325 e. The topological polar surface area (TPSA) is 41.1 Å². The average molecular weight is 259 g/mol. The molecule has 0 aromatic heterocycles. The van der Waals surface area contributed by atoms with Gasteiger partial charge in [-0.15, -0.1) is 0 Å². The minimum absolute atomic E-state index is 0.00161. The zero-order valence-electron chi connectivity index (χ0n) is 9.72. The van der Waals surface area contributed by atoms with Gasteiger partial charge in [0, 0.05) is 5.69 Å². The summed E-state index contributed by atoms with van der Waals surface area (Å²) in [6.45, 7) is 3.14. The zero-order chi connectivity index (χ0) is 12.7. The van der Waals surface area contributed by atoms with Crippen molar-refractivity contribution in [2.45, 2.75) is 19.8 Å². The normalized spacial score (nSPS) is 10.3. The van der Waals surface area contributed by atoms with E-state index in [9.17, 15) is 9.18 Å². The molecule has 5 heteroatoms. The molecule has 0 unspecified atom stereocenters. The molecule has 94 valence electrons. The fourth-order valence-electron chi connectivity index (χ4n) is 1.28. The predicted octanol–water partition coefficient (Wildman–Crippen LogP) is 2.81. The molecule has 0 aliphatic carbocycles. The van der Waals surface area contributed by atoms with E-state index in [0.29, 0.717) is 5.69 Å². The third-order valence-electron chi connectivity index (χ3n) is 2.20. The van der Waals surface area contributed by atoms with E-state index in [0.717, 1.165) is 19.4 Å². The summed E-state index contributed by atoms with van der Waals surface area (Å²) in [5, 5.41) is 5.65. The monoisotopic (exact) mass is 258 g/mol. The van der Waals surface area contributed by atoms with E-state index in [-0.39, 0.29) is 17.5 Å². The molecule has 0 heterocycles. The zero-order valence-corrected chi connectivity index (χ0v) is 10.5. The van der Waals surface area contributed by atoms with Crippen LogP contribution in [0.5, 0.6) is 0 Å². The Hall–Kier alpha value is -1.13. The lowest BCUT2D eigenvalue weighted by Gasteiger charge is -2.06. The van der Waals surface area contributed by atoms with Gasteiger partial charge in [-0.05, 0) is 31.2 Å². The van der Waals surface area contributed by atoms with Gasteiger partial charge < -0.3 is 10.6 Å².